The van der Waals surface area contributed by atoms with Gasteiger partial charge in [-0.15, -0.1) is 0 Å². The van der Waals surface area contributed by atoms with Gasteiger partial charge in [-0.3, -0.25) is 0 Å². The SMILES string of the molecule is [CH]CC(COCC)OCC. The van der Waals surface area contributed by atoms with Crippen LogP contribution < -0.4 is 0 Å². The minimum Gasteiger partial charge on any atom is -0.379 e. The second-order valence-corrected chi connectivity index (χ2v) is 1.97. The van der Waals surface area contributed by atoms with Crippen molar-refractivity contribution in [2.24, 2.45) is 0 Å². The lowest BCUT2D eigenvalue weighted by Gasteiger charge is -2.13. The van der Waals surface area contributed by atoms with Gasteiger partial charge < -0.3 is 9.47 Å². The second-order valence-electron chi connectivity index (χ2n) is 1.97. The molecule has 0 aliphatic rings. The van der Waals surface area contributed by atoms with Gasteiger partial charge >= 0.3 is 0 Å². The Labute approximate surface area is 63.5 Å². The summed E-state index contributed by atoms with van der Waals surface area (Å²) in [6.45, 7) is 11.3. The average Bonchev–Trinajstić information content (AvgIpc) is 1.98. The van der Waals surface area contributed by atoms with E-state index in [0.717, 1.165) is 6.61 Å². The van der Waals surface area contributed by atoms with Gasteiger partial charge in [0.2, 0.25) is 0 Å². The molecular weight excluding hydrogens is 128 g/mol. The van der Waals surface area contributed by atoms with E-state index in [1.807, 2.05) is 13.8 Å². The van der Waals surface area contributed by atoms with E-state index in [9.17, 15) is 0 Å². The van der Waals surface area contributed by atoms with Crippen LogP contribution >= 0.6 is 0 Å². The summed E-state index contributed by atoms with van der Waals surface area (Å²) in [5.74, 6) is 0. The quantitative estimate of drug-likeness (QED) is 0.563. The van der Waals surface area contributed by atoms with E-state index in [2.05, 4.69) is 0 Å². The van der Waals surface area contributed by atoms with E-state index in [0.29, 0.717) is 19.6 Å². The lowest BCUT2D eigenvalue weighted by Crippen LogP contribution is -2.18. The highest BCUT2D eigenvalue weighted by Crippen LogP contribution is 1.97. The molecule has 0 aliphatic heterocycles. The molecule has 2 heteroatoms. The van der Waals surface area contributed by atoms with Gasteiger partial charge in [-0.1, -0.05) is 0 Å². The Morgan fingerprint density at radius 1 is 1.30 bits per heavy atom. The predicted octanol–water partition coefficient (Wildman–Crippen LogP) is 1.53. The lowest BCUT2D eigenvalue weighted by molar-refractivity contribution is -0.00666. The largest absolute Gasteiger partial charge is 0.379 e. The summed E-state index contributed by atoms with van der Waals surface area (Å²) in [7, 11) is 0. The first-order valence-corrected chi connectivity index (χ1v) is 3.74. The topological polar surface area (TPSA) is 18.5 Å². The summed E-state index contributed by atoms with van der Waals surface area (Å²) in [6.07, 6.45) is 0.610. The Balaban J connectivity index is 3.21. The van der Waals surface area contributed by atoms with Crippen molar-refractivity contribution >= 4 is 0 Å². The van der Waals surface area contributed by atoms with Crippen molar-refractivity contribution < 1.29 is 9.47 Å². The van der Waals surface area contributed by atoms with Crippen molar-refractivity contribution in [3.63, 3.8) is 0 Å². The molecule has 1 unspecified atom stereocenters. The van der Waals surface area contributed by atoms with Gasteiger partial charge in [0.25, 0.3) is 0 Å². The molecular formula is C8H16O2. The van der Waals surface area contributed by atoms with Crippen molar-refractivity contribution in [3.05, 3.63) is 6.92 Å². The Morgan fingerprint density at radius 2 is 2.00 bits per heavy atom. The first-order chi connectivity index (χ1) is 4.85. The summed E-state index contributed by atoms with van der Waals surface area (Å²) in [4.78, 5) is 0. The summed E-state index contributed by atoms with van der Waals surface area (Å²) >= 11 is 0. The third-order valence-electron chi connectivity index (χ3n) is 1.17. The first-order valence-electron chi connectivity index (χ1n) is 3.74. The highest BCUT2D eigenvalue weighted by molar-refractivity contribution is 4.57. The van der Waals surface area contributed by atoms with Crippen LogP contribution in [0.25, 0.3) is 0 Å². The third-order valence-corrected chi connectivity index (χ3v) is 1.17. The Bertz CT molecular complexity index is 64.3. The maximum absolute atomic E-state index is 5.39. The molecule has 0 amide bonds. The molecule has 0 spiro atoms. The Kier molecular flexibility index (Phi) is 6.98. The van der Waals surface area contributed by atoms with Gasteiger partial charge in [-0.2, -0.15) is 0 Å². The van der Waals surface area contributed by atoms with Gasteiger partial charge in [0.05, 0.1) is 12.7 Å². The molecule has 0 aromatic carbocycles. The fraction of sp³-hybridized carbons (Fsp3) is 0.875. The van der Waals surface area contributed by atoms with E-state index < -0.39 is 0 Å². The lowest BCUT2D eigenvalue weighted by atomic mass is 10.3. The fourth-order valence-electron chi connectivity index (χ4n) is 0.669. The van der Waals surface area contributed by atoms with Crippen LogP contribution in [0.3, 0.4) is 0 Å². The fourth-order valence-corrected chi connectivity index (χ4v) is 0.669. The summed E-state index contributed by atoms with van der Waals surface area (Å²) < 4.78 is 10.4. The van der Waals surface area contributed by atoms with E-state index in [1.165, 1.54) is 0 Å². The normalized spacial score (nSPS) is 13.5. The summed E-state index contributed by atoms with van der Waals surface area (Å²) in [6, 6.07) is 0. The minimum atomic E-state index is 0.0740. The van der Waals surface area contributed by atoms with Gasteiger partial charge in [0.15, 0.2) is 0 Å². The van der Waals surface area contributed by atoms with Crippen LogP contribution in [0.5, 0.6) is 0 Å². The second kappa shape index (κ2) is 7.03. The van der Waals surface area contributed by atoms with Crippen molar-refractivity contribution in [1.82, 2.24) is 0 Å². The number of ether oxygens (including phenoxy) is 2. The molecule has 2 radical (unpaired) electrons. The minimum absolute atomic E-state index is 0.0740. The molecule has 0 saturated carbocycles. The van der Waals surface area contributed by atoms with E-state index in [-0.39, 0.29) is 6.10 Å². The molecule has 0 heterocycles. The summed E-state index contributed by atoms with van der Waals surface area (Å²) in [5, 5.41) is 0. The third kappa shape index (κ3) is 4.77. The van der Waals surface area contributed by atoms with Crippen LogP contribution in [0, 0.1) is 6.92 Å². The zero-order valence-corrected chi connectivity index (χ0v) is 6.80. The molecule has 0 bridgehead atoms. The highest BCUT2D eigenvalue weighted by atomic mass is 16.5. The van der Waals surface area contributed by atoms with E-state index >= 15 is 0 Å². The van der Waals surface area contributed by atoms with E-state index in [4.69, 9.17) is 16.4 Å². The summed E-state index contributed by atoms with van der Waals surface area (Å²) in [5.41, 5.74) is 0. The molecule has 10 heavy (non-hydrogen) atoms. The van der Waals surface area contributed by atoms with Crippen LogP contribution in [0.2, 0.25) is 0 Å². The maximum atomic E-state index is 5.39. The van der Waals surface area contributed by atoms with Crippen molar-refractivity contribution in [2.45, 2.75) is 26.4 Å². The zero-order chi connectivity index (χ0) is 7.82. The van der Waals surface area contributed by atoms with Crippen LogP contribution in [0.15, 0.2) is 0 Å². The van der Waals surface area contributed by atoms with Crippen LogP contribution in [0.4, 0.5) is 0 Å². The molecule has 0 aliphatic carbocycles. The molecule has 2 nitrogen and oxygen atoms in total. The standard InChI is InChI=1S/C8H16O2/c1-4-8(10-6-3)7-9-5-2/h1,8H,4-7H2,2-3H3. The number of hydrogen-bond donors (Lipinski definition) is 0. The van der Waals surface area contributed by atoms with Crippen LogP contribution in [0.1, 0.15) is 20.3 Å². The van der Waals surface area contributed by atoms with Gasteiger partial charge in [0.1, 0.15) is 0 Å². The zero-order valence-electron chi connectivity index (χ0n) is 6.80. The molecule has 1 atom stereocenters. The molecule has 0 N–H and O–H groups in total. The van der Waals surface area contributed by atoms with Crippen molar-refractivity contribution in [3.8, 4) is 0 Å². The van der Waals surface area contributed by atoms with Crippen molar-refractivity contribution in [1.29, 1.82) is 0 Å². The molecule has 60 valence electrons. The molecule has 0 aromatic heterocycles. The van der Waals surface area contributed by atoms with Gasteiger partial charge in [0, 0.05) is 13.2 Å². The molecule has 0 fully saturated rings. The number of hydrogen-bond acceptors (Lipinski definition) is 2. The molecule has 0 aromatic rings. The maximum Gasteiger partial charge on any atom is 0.0811 e. The van der Waals surface area contributed by atoms with Gasteiger partial charge in [-0.05, 0) is 27.2 Å². The Morgan fingerprint density at radius 3 is 2.40 bits per heavy atom. The predicted molar refractivity (Wildman–Crippen MR) is 40.8 cm³/mol. The van der Waals surface area contributed by atoms with Crippen LogP contribution in [-0.4, -0.2) is 25.9 Å². The Hall–Kier alpha value is -0.0800. The molecule has 0 rings (SSSR count). The molecule has 0 saturated heterocycles. The van der Waals surface area contributed by atoms with Crippen molar-refractivity contribution in [2.75, 3.05) is 19.8 Å². The highest BCUT2D eigenvalue weighted by Gasteiger charge is 2.03. The van der Waals surface area contributed by atoms with Gasteiger partial charge in [-0.25, -0.2) is 0 Å². The van der Waals surface area contributed by atoms with Crippen LogP contribution in [-0.2, 0) is 9.47 Å². The number of rotatable bonds is 6. The first kappa shape index (κ1) is 9.92. The van der Waals surface area contributed by atoms with E-state index in [1.54, 1.807) is 0 Å². The smallest absolute Gasteiger partial charge is 0.0811 e. The monoisotopic (exact) mass is 144 g/mol. The average molecular weight is 144 g/mol.